The van der Waals surface area contributed by atoms with Gasteiger partial charge in [-0.2, -0.15) is 0 Å². The molecule has 0 spiro atoms. The lowest BCUT2D eigenvalue weighted by molar-refractivity contribution is 0.623. The summed E-state index contributed by atoms with van der Waals surface area (Å²) >= 11 is 0. The maximum absolute atomic E-state index is 6.78. The van der Waals surface area contributed by atoms with Gasteiger partial charge in [-0.05, 0) is 126 Å². The van der Waals surface area contributed by atoms with Crippen LogP contribution >= 0.6 is 0 Å². The van der Waals surface area contributed by atoms with Crippen LogP contribution in [0.5, 0.6) is 0 Å². The molecule has 0 atom stereocenters. The van der Waals surface area contributed by atoms with Crippen molar-refractivity contribution in [3.63, 3.8) is 0 Å². The highest BCUT2D eigenvalue weighted by molar-refractivity contribution is 6.99. The second kappa shape index (κ2) is 24.2. The van der Waals surface area contributed by atoms with E-state index in [1.165, 1.54) is 21.8 Å². The summed E-state index contributed by atoms with van der Waals surface area (Å²) in [6.07, 6.45) is 5.30. The van der Waals surface area contributed by atoms with Gasteiger partial charge >= 0.3 is 13.4 Å². The van der Waals surface area contributed by atoms with Crippen LogP contribution in [0.15, 0.2) is 362 Å². The van der Waals surface area contributed by atoms with Gasteiger partial charge in [-0.1, -0.05) is 223 Å². The van der Waals surface area contributed by atoms with E-state index in [4.69, 9.17) is 22.1 Å². The van der Waals surface area contributed by atoms with E-state index in [-0.39, 0.29) is 20.1 Å². The number of hydrogen-bond acceptors (Lipinski definition) is 11. The van der Waals surface area contributed by atoms with Gasteiger partial charge < -0.3 is 31.9 Å². The number of hydrogen-bond donors (Lipinski definition) is 0. The Labute approximate surface area is 586 Å². The molecule has 22 rings (SSSR count). The molecule has 0 fully saturated rings. The quantitative estimate of drug-likeness (QED) is 0.142. The zero-order valence-electron chi connectivity index (χ0n) is 54.7. The fourth-order valence-corrected chi connectivity index (χ4v) is 15.7. The first-order valence-electron chi connectivity index (χ1n) is 34.2. The van der Waals surface area contributed by atoms with Gasteiger partial charge in [-0.3, -0.25) is 9.47 Å². The number of benzene rings is 10. The van der Waals surface area contributed by atoms with E-state index in [0.717, 1.165) is 134 Å². The summed E-state index contributed by atoms with van der Waals surface area (Å²) in [7, 11) is 0. The highest BCUT2D eigenvalue weighted by Gasteiger charge is 2.48. The lowest BCUT2D eigenvalue weighted by atomic mass is 9.37. The van der Waals surface area contributed by atoms with Gasteiger partial charge in [0.2, 0.25) is 17.1 Å². The van der Waals surface area contributed by atoms with Crippen LogP contribution in [0.2, 0.25) is 0 Å². The van der Waals surface area contributed by atoms with Crippen LogP contribution in [0.4, 0.5) is 51.3 Å². The number of para-hydroxylation sites is 7. The molecule has 0 saturated carbocycles. The second-order valence-electron chi connectivity index (χ2n) is 25.6. The summed E-state index contributed by atoms with van der Waals surface area (Å²) in [6, 6.07) is 111. The normalized spacial score (nSPS) is 12.8. The predicted molar refractivity (Wildman–Crippen MR) is 416 cm³/mol. The molecule has 0 N–H and O–H groups in total. The maximum Gasteiger partial charge on any atom is 0.338 e. The van der Waals surface area contributed by atoms with E-state index in [0.29, 0.717) is 17.1 Å². The van der Waals surface area contributed by atoms with Crippen molar-refractivity contribution in [3.8, 4) is 5.69 Å². The Kier molecular flexibility index (Phi) is 13.9. The first kappa shape index (κ1) is 58.6. The lowest BCUT2D eigenvalue weighted by Gasteiger charge is -2.34. The topological polar surface area (TPSA) is 119 Å². The predicted octanol–water partition coefficient (Wildman–Crippen LogP) is 15.8. The van der Waals surface area contributed by atoms with Gasteiger partial charge in [-0.15, -0.1) is 0 Å². The van der Waals surface area contributed by atoms with Crippen LogP contribution < -0.4 is 64.8 Å². The molecule has 478 valence electrons. The number of aromatic nitrogens is 4. The van der Waals surface area contributed by atoms with Gasteiger partial charge in [0.25, 0.3) is 6.71 Å². The zero-order chi connectivity index (χ0) is 67.2. The number of nitrogens with zero attached hydrogens (tertiary/aromatic N) is 7. The Bertz CT molecular complexity index is 5920. The first-order chi connectivity index (χ1) is 50.7. The number of rotatable bonds is 7. The van der Waals surface area contributed by atoms with Crippen LogP contribution in [-0.4, -0.2) is 39.7 Å². The molecule has 0 radical (unpaired) electrons. The molecule has 12 nitrogen and oxygen atoms in total. The Balaban J connectivity index is 0.000000103. The maximum atomic E-state index is 6.78. The molecule has 0 unspecified atom stereocenters. The summed E-state index contributed by atoms with van der Waals surface area (Å²) in [4.78, 5) is 20.5. The average molecular weight is 1310 g/mol. The van der Waals surface area contributed by atoms with Crippen LogP contribution in [0, 0.1) is 0 Å². The van der Waals surface area contributed by atoms with Crippen molar-refractivity contribution in [3.05, 3.63) is 340 Å². The molecular formula is C87H56B3N7O5. The highest BCUT2D eigenvalue weighted by atomic mass is 16.4. The van der Waals surface area contributed by atoms with Gasteiger partial charge in [0.05, 0.1) is 55.8 Å². The molecule has 0 bridgehead atoms. The fraction of sp³-hybridized carbons (Fsp3) is 0. The van der Waals surface area contributed by atoms with E-state index in [2.05, 4.69) is 271 Å². The largest absolute Gasteiger partial charge is 0.468 e. The Morgan fingerprint density at radius 3 is 0.951 bits per heavy atom. The third-order valence-electron chi connectivity index (χ3n) is 19.9. The van der Waals surface area contributed by atoms with E-state index >= 15 is 0 Å². The van der Waals surface area contributed by atoms with Crippen molar-refractivity contribution in [1.82, 2.24) is 19.5 Å². The Hall–Kier alpha value is -13.5. The second-order valence-corrected chi connectivity index (χ2v) is 25.6. The molecule has 12 heterocycles. The number of fused-ring (bicyclic) bond motifs is 18. The van der Waals surface area contributed by atoms with Crippen molar-refractivity contribution < 1.29 is 22.1 Å². The molecular weight excluding hydrogens is 1260 g/mol. The van der Waals surface area contributed by atoms with Crippen LogP contribution in [-0.2, 0) is 0 Å². The lowest BCUT2D eigenvalue weighted by Crippen LogP contribution is -2.56. The minimum absolute atomic E-state index is 0.0524. The Morgan fingerprint density at radius 1 is 0.235 bits per heavy atom. The van der Waals surface area contributed by atoms with Crippen LogP contribution in [0.3, 0.4) is 0 Å². The molecule has 10 aromatic carbocycles. The first-order valence-corrected chi connectivity index (χ1v) is 34.2. The fourth-order valence-electron chi connectivity index (χ4n) is 15.7. The van der Waals surface area contributed by atoms with Crippen molar-refractivity contribution in [1.29, 1.82) is 0 Å². The summed E-state index contributed by atoms with van der Waals surface area (Å²) < 4.78 is 35.0. The minimum atomic E-state index is -0.204. The molecule has 102 heavy (non-hydrogen) atoms. The summed E-state index contributed by atoms with van der Waals surface area (Å²) in [5.74, 6) is 1.15. The molecule has 0 saturated heterocycles. The highest BCUT2D eigenvalue weighted by Crippen LogP contribution is 2.48. The van der Waals surface area contributed by atoms with E-state index in [1.54, 1.807) is 18.6 Å². The van der Waals surface area contributed by atoms with Crippen molar-refractivity contribution in [2.45, 2.75) is 0 Å². The Morgan fingerprint density at radius 2 is 0.529 bits per heavy atom. The molecule has 3 aliphatic rings. The van der Waals surface area contributed by atoms with E-state index in [9.17, 15) is 0 Å². The van der Waals surface area contributed by atoms with Gasteiger partial charge in [0, 0.05) is 52.1 Å². The number of anilines is 9. The van der Waals surface area contributed by atoms with Crippen LogP contribution in [0.25, 0.3) is 71.8 Å². The van der Waals surface area contributed by atoms with E-state index in [1.807, 2.05) is 84.9 Å². The smallest absolute Gasteiger partial charge is 0.338 e. The summed E-state index contributed by atoms with van der Waals surface area (Å²) in [5.41, 5.74) is 23.4. The molecule has 0 amide bonds. The third kappa shape index (κ3) is 9.31. The summed E-state index contributed by atoms with van der Waals surface area (Å²) in [5, 5.41) is 6.35. The van der Waals surface area contributed by atoms with E-state index < -0.39 is 0 Å². The number of pyridine rings is 3. The van der Waals surface area contributed by atoms with Crippen molar-refractivity contribution >= 4 is 188 Å². The average Bonchev–Trinajstić information content (AvgIpc) is 1.54. The third-order valence-corrected chi connectivity index (χ3v) is 19.9. The van der Waals surface area contributed by atoms with Crippen LogP contribution in [0.1, 0.15) is 0 Å². The molecule has 3 aliphatic heterocycles. The molecule has 15 heteroatoms. The van der Waals surface area contributed by atoms with Gasteiger partial charge in [0.1, 0.15) is 39.6 Å². The standard InChI is InChI=1S/C34H23BN2O.C27H17BN2O2.C26H16BN3O2/c1-4-14-24(15-5-1)35-31-27-20-10-12-22-29(27)36(25-16-6-2-7-17-25)34(31)37(26-18-8-3-9-19-26)32-28-21-11-13-23-30(28)38-33(32)35;1-3-10-18(11-4-1)28-25-23(20-14-7-8-16-22(20)31-25)30(19-12-5-2-6-13-19)24-21-15-9-17-29-27(21)32-26(24)28;1-3-9-17(10-4-1)27-23-21(19-13-7-15-28-25(19)31-23)30(18-11-5-2-6-12-18)22-20-14-8-16-29-26(20)32-24(22)27/h1-23H;1-17H;1-16H. The number of furan rings is 5. The molecule has 9 aromatic heterocycles. The van der Waals surface area contributed by atoms with Gasteiger partial charge in [0.15, 0.2) is 0 Å². The summed E-state index contributed by atoms with van der Waals surface area (Å²) in [6.45, 7) is -0.421. The van der Waals surface area contributed by atoms with Crippen molar-refractivity contribution in [2.75, 3.05) is 14.7 Å². The molecule has 0 aliphatic carbocycles. The monoisotopic (exact) mass is 1310 g/mol. The molecule has 19 aromatic rings. The minimum Gasteiger partial charge on any atom is -0.468 e. The zero-order valence-corrected chi connectivity index (χ0v) is 54.7. The van der Waals surface area contributed by atoms with Crippen molar-refractivity contribution in [2.24, 2.45) is 0 Å². The van der Waals surface area contributed by atoms with Gasteiger partial charge in [-0.25, -0.2) is 15.0 Å². The SMILES string of the molecule is c1ccc(B2c3oc4ccccc4c3N(c3ccccc3)c3c2c2ccccc2n3-c2ccccc2)cc1.c1ccc(B2c3oc4ccccc4c3N(c3ccccc3)c3c2oc2ncccc32)cc1.c1ccc(B2c3oc4ncccc4c3N(c3ccccc3)c3c2oc2ncccc32)cc1.